The van der Waals surface area contributed by atoms with Gasteiger partial charge >= 0.3 is 0 Å². The summed E-state index contributed by atoms with van der Waals surface area (Å²) in [5.41, 5.74) is 3.49. The molecular weight excluding hydrogens is 466 g/mol. The lowest BCUT2D eigenvalue weighted by Gasteiger charge is -2.55. The second-order valence-corrected chi connectivity index (χ2v) is 9.83. The van der Waals surface area contributed by atoms with Crippen molar-refractivity contribution in [1.29, 1.82) is 0 Å². The van der Waals surface area contributed by atoms with Crippen molar-refractivity contribution in [2.24, 2.45) is 0 Å². The van der Waals surface area contributed by atoms with E-state index in [4.69, 9.17) is 0 Å². The zero-order chi connectivity index (χ0) is 29.6. The van der Waals surface area contributed by atoms with Crippen LogP contribution in [-0.4, -0.2) is 52.0 Å². The van der Waals surface area contributed by atoms with E-state index in [-0.39, 0.29) is 30.1 Å². The number of carbonyl (C=O) groups excluding carboxylic acids is 1. The molecule has 1 aliphatic rings. The largest absolute Gasteiger partial charge is 0.308 e. The molecule has 2 aromatic carbocycles. The lowest BCUT2D eigenvalue weighted by molar-refractivity contribution is -0.131. The molecule has 1 fully saturated rings. The van der Waals surface area contributed by atoms with Gasteiger partial charge in [0.15, 0.2) is 0 Å². The van der Waals surface area contributed by atoms with Crippen molar-refractivity contribution in [3.05, 3.63) is 65.7 Å². The lowest BCUT2D eigenvalue weighted by atomic mass is 9.91. The third-order valence-electron chi connectivity index (χ3n) is 7.52. The Balaban J connectivity index is 0.00000213. The fourth-order valence-electron chi connectivity index (χ4n) is 5.40. The minimum atomic E-state index is -0.189. The molecule has 3 rings (SSSR count). The second-order valence-electron chi connectivity index (χ2n) is 9.83. The zero-order valence-corrected chi connectivity index (χ0v) is 27.1. The summed E-state index contributed by atoms with van der Waals surface area (Å²) < 4.78 is 0. The first kappa shape index (κ1) is 35.8. The number of amides is 1. The molecule has 0 radical (unpaired) electrons. The molecule has 38 heavy (non-hydrogen) atoms. The molecule has 216 valence electrons. The van der Waals surface area contributed by atoms with Crippen LogP contribution in [-0.2, 0) is 11.3 Å². The van der Waals surface area contributed by atoms with Crippen LogP contribution in [0.25, 0.3) is 0 Å². The monoisotopic (exact) mass is 525 g/mol. The third-order valence-corrected chi connectivity index (χ3v) is 7.52. The maximum absolute atomic E-state index is 13.9. The van der Waals surface area contributed by atoms with Gasteiger partial charge < -0.3 is 4.90 Å². The van der Waals surface area contributed by atoms with Crippen LogP contribution in [0, 0.1) is 6.92 Å². The van der Waals surface area contributed by atoms with E-state index in [1.807, 2.05) is 58.6 Å². The zero-order valence-electron chi connectivity index (χ0n) is 27.1. The first-order valence-electron chi connectivity index (χ1n) is 15.1. The molecule has 1 amide bonds. The van der Waals surface area contributed by atoms with Crippen LogP contribution in [0.3, 0.4) is 0 Å². The number of para-hydroxylation sites is 1. The van der Waals surface area contributed by atoms with E-state index in [9.17, 15) is 4.79 Å². The number of hydrogen-bond acceptors (Lipinski definition) is 3. The summed E-state index contributed by atoms with van der Waals surface area (Å²) in [6, 6.07) is 20.1. The molecule has 5 unspecified atom stereocenters. The Morgan fingerprint density at radius 2 is 1.18 bits per heavy atom. The first-order valence-corrected chi connectivity index (χ1v) is 15.1. The maximum atomic E-state index is 13.9. The third kappa shape index (κ3) is 8.68. The summed E-state index contributed by atoms with van der Waals surface area (Å²) in [5.74, 6) is 0.184. The molecule has 5 atom stereocenters. The fraction of sp³-hybridized carbons (Fsp3) is 0.618. The number of rotatable bonds is 6. The topological polar surface area (TPSA) is 26.8 Å². The van der Waals surface area contributed by atoms with E-state index >= 15 is 0 Å². The van der Waals surface area contributed by atoms with Crippen molar-refractivity contribution >= 4 is 11.6 Å². The highest BCUT2D eigenvalue weighted by atomic mass is 16.2. The van der Waals surface area contributed by atoms with Crippen molar-refractivity contribution in [2.75, 3.05) is 4.90 Å². The summed E-state index contributed by atoms with van der Waals surface area (Å²) in [6.07, 6.45) is 0. The molecule has 0 aliphatic carbocycles. The number of nitrogens with zero attached hydrogens (tertiary/aromatic N) is 3. The van der Waals surface area contributed by atoms with Crippen LogP contribution < -0.4 is 4.90 Å². The van der Waals surface area contributed by atoms with Crippen LogP contribution in [0.15, 0.2) is 54.6 Å². The SMILES string of the molecule is CC.CC.CC.Cc1ccccc1N(C(=O)C(C)N1C(C)C(C)N(Cc2ccccc2)C(C)C1C)C(C)C. The lowest BCUT2D eigenvalue weighted by Crippen LogP contribution is -2.68. The van der Waals surface area contributed by atoms with Gasteiger partial charge in [-0.25, -0.2) is 0 Å². The van der Waals surface area contributed by atoms with E-state index in [0.717, 1.165) is 17.8 Å². The van der Waals surface area contributed by atoms with E-state index in [1.165, 1.54) is 5.56 Å². The van der Waals surface area contributed by atoms with Crippen molar-refractivity contribution in [1.82, 2.24) is 9.80 Å². The highest BCUT2D eigenvalue weighted by Crippen LogP contribution is 2.32. The van der Waals surface area contributed by atoms with E-state index in [1.54, 1.807) is 0 Å². The molecule has 1 saturated heterocycles. The molecule has 0 aromatic heterocycles. The normalized spacial score (nSPS) is 22.1. The minimum absolute atomic E-state index is 0.103. The summed E-state index contributed by atoms with van der Waals surface area (Å²) in [5, 5.41) is 0. The number of hydrogen-bond donors (Lipinski definition) is 0. The Bertz CT molecular complexity index is 882. The summed E-state index contributed by atoms with van der Waals surface area (Å²) in [7, 11) is 0. The predicted octanol–water partition coefficient (Wildman–Crippen LogP) is 8.58. The predicted molar refractivity (Wildman–Crippen MR) is 169 cm³/mol. The van der Waals surface area contributed by atoms with Crippen molar-refractivity contribution in [3.63, 3.8) is 0 Å². The molecular formula is C34H59N3O. The van der Waals surface area contributed by atoms with E-state index < -0.39 is 0 Å². The van der Waals surface area contributed by atoms with Crippen molar-refractivity contribution < 1.29 is 4.79 Å². The Hall–Kier alpha value is -2.17. The number of piperazine rings is 1. The van der Waals surface area contributed by atoms with Crippen molar-refractivity contribution in [2.45, 2.75) is 140 Å². The molecule has 1 heterocycles. The van der Waals surface area contributed by atoms with Crippen LogP contribution in [0.1, 0.15) is 101 Å². The van der Waals surface area contributed by atoms with Crippen LogP contribution >= 0.6 is 0 Å². The van der Waals surface area contributed by atoms with Gasteiger partial charge in [-0.05, 0) is 72.6 Å². The van der Waals surface area contributed by atoms with E-state index in [2.05, 4.69) is 108 Å². The smallest absolute Gasteiger partial charge is 0.244 e. The van der Waals surface area contributed by atoms with Gasteiger partial charge in [0.05, 0.1) is 6.04 Å². The molecule has 0 spiro atoms. The van der Waals surface area contributed by atoms with Gasteiger partial charge in [-0.15, -0.1) is 0 Å². The molecule has 0 saturated carbocycles. The maximum Gasteiger partial charge on any atom is 0.244 e. The molecule has 1 aliphatic heterocycles. The standard InChI is InChI=1S/C28H41N3O.3C2H6/c1-19(2)30(27-17-13-12-14-20(27)3)28(32)25(8)31-23(6)21(4)29(22(5)24(31)7)18-26-15-10-9-11-16-26;3*1-2/h9-17,19,21-25H,18H2,1-8H3;3*1-2H3. The summed E-state index contributed by atoms with van der Waals surface area (Å²) in [4.78, 5) is 20.9. The van der Waals surface area contributed by atoms with Gasteiger partial charge in [-0.1, -0.05) is 90.1 Å². The molecule has 2 aromatic rings. The van der Waals surface area contributed by atoms with Gasteiger partial charge in [0.25, 0.3) is 0 Å². The Morgan fingerprint density at radius 1 is 0.737 bits per heavy atom. The Labute approximate surface area is 236 Å². The number of anilines is 1. The molecule has 0 bridgehead atoms. The minimum Gasteiger partial charge on any atom is -0.308 e. The Morgan fingerprint density at radius 3 is 1.63 bits per heavy atom. The van der Waals surface area contributed by atoms with Crippen molar-refractivity contribution in [3.8, 4) is 0 Å². The summed E-state index contributed by atoms with van der Waals surface area (Å²) in [6.45, 7) is 30.5. The van der Waals surface area contributed by atoms with Gasteiger partial charge in [-0.2, -0.15) is 0 Å². The molecule has 4 heteroatoms. The van der Waals surface area contributed by atoms with Crippen LogP contribution in [0.4, 0.5) is 5.69 Å². The average molecular weight is 526 g/mol. The Kier molecular flexibility index (Phi) is 17.1. The highest BCUT2D eigenvalue weighted by molar-refractivity contribution is 5.98. The number of benzene rings is 2. The van der Waals surface area contributed by atoms with E-state index in [0.29, 0.717) is 12.1 Å². The number of aryl methyl sites for hydroxylation is 1. The molecule has 0 N–H and O–H groups in total. The quantitative estimate of drug-likeness (QED) is 0.378. The van der Waals surface area contributed by atoms with Gasteiger partial charge in [-0.3, -0.25) is 14.6 Å². The van der Waals surface area contributed by atoms with Crippen LogP contribution in [0.2, 0.25) is 0 Å². The first-order chi connectivity index (χ1) is 18.1. The van der Waals surface area contributed by atoms with Gasteiger partial charge in [0.1, 0.15) is 0 Å². The summed E-state index contributed by atoms with van der Waals surface area (Å²) >= 11 is 0. The number of carbonyl (C=O) groups is 1. The van der Waals surface area contributed by atoms with Gasteiger partial charge in [0.2, 0.25) is 5.91 Å². The fourth-order valence-corrected chi connectivity index (χ4v) is 5.40. The van der Waals surface area contributed by atoms with Crippen LogP contribution in [0.5, 0.6) is 0 Å². The molecule has 4 nitrogen and oxygen atoms in total. The average Bonchev–Trinajstić information content (AvgIpc) is 2.95. The highest BCUT2D eigenvalue weighted by Gasteiger charge is 2.44. The van der Waals surface area contributed by atoms with Gasteiger partial charge in [0, 0.05) is 42.4 Å². The second kappa shape index (κ2) is 18.2.